The fourth-order valence-corrected chi connectivity index (χ4v) is 4.05. The largest absolute Gasteiger partial charge is 0.478 e. The Labute approximate surface area is 178 Å². The van der Waals surface area contributed by atoms with E-state index in [4.69, 9.17) is 16.6 Å². The molecule has 0 amide bonds. The zero-order chi connectivity index (χ0) is 21.3. The van der Waals surface area contributed by atoms with Crippen LogP contribution in [0.4, 0.5) is 11.8 Å². The van der Waals surface area contributed by atoms with Gasteiger partial charge in [0, 0.05) is 37.9 Å². The summed E-state index contributed by atoms with van der Waals surface area (Å²) in [5.41, 5.74) is 1.17. The SMILES string of the molecule is Cn1c(N2CCCCC2)nc2c(CNc3ncccc3C(=O)O)cc(Cl)cc2c1=O. The molecule has 0 bridgehead atoms. The molecule has 3 aromatic rings. The molecule has 8 nitrogen and oxygen atoms in total. The molecule has 156 valence electrons. The van der Waals surface area contributed by atoms with Crippen molar-refractivity contribution >= 4 is 40.2 Å². The third kappa shape index (κ3) is 3.82. The fourth-order valence-electron chi connectivity index (χ4n) is 3.81. The summed E-state index contributed by atoms with van der Waals surface area (Å²) in [5.74, 6) is -0.182. The van der Waals surface area contributed by atoms with E-state index in [1.165, 1.54) is 18.7 Å². The molecule has 0 unspecified atom stereocenters. The minimum absolute atomic E-state index is 0.0710. The van der Waals surface area contributed by atoms with Crippen molar-refractivity contribution in [2.45, 2.75) is 25.8 Å². The van der Waals surface area contributed by atoms with E-state index < -0.39 is 5.97 Å². The highest BCUT2D eigenvalue weighted by molar-refractivity contribution is 6.31. The minimum Gasteiger partial charge on any atom is -0.478 e. The van der Waals surface area contributed by atoms with Crippen LogP contribution in [0.5, 0.6) is 0 Å². The lowest BCUT2D eigenvalue weighted by atomic mass is 10.1. The molecule has 0 aliphatic carbocycles. The summed E-state index contributed by atoms with van der Waals surface area (Å²) < 4.78 is 1.57. The van der Waals surface area contributed by atoms with Crippen molar-refractivity contribution in [2.24, 2.45) is 7.05 Å². The Morgan fingerprint density at radius 1 is 1.27 bits per heavy atom. The molecule has 0 atom stereocenters. The number of pyridine rings is 1. The summed E-state index contributed by atoms with van der Waals surface area (Å²) in [7, 11) is 1.73. The Bertz CT molecular complexity index is 1170. The predicted octanol–water partition coefficient (Wildman–Crippen LogP) is 3.28. The number of rotatable bonds is 5. The molecule has 1 saturated heterocycles. The number of hydrogen-bond donors (Lipinski definition) is 2. The van der Waals surface area contributed by atoms with Crippen molar-refractivity contribution in [1.82, 2.24) is 14.5 Å². The first-order chi connectivity index (χ1) is 14.5. The van der Waals surface area contributed by atoms with Crippen molar-refractivity contribution in [3.63, 3.8) is 0 Å². The second-order valence-electron chi connectivity index (χ2n) is 7.34. The molecule has 1 aliphatic rings. The zero-order valence-electron chi connectivity index (χ0n) is 16.6. The van der Waals surface area contributed by atoms with Gasteiger partial charge in [-0.15, -0.1) is 0 Å². The van der Waals surface area contributed by atoms with Crippen LogP contribution in [-0.4, -0.2) is 38.7 Å². The lowest BCUT2D eigenvalue weighted by Gasteiger charge is -2.29. The minimum atomic E-state index is -1.07. The van der Waals surface area contributed by atoms with Crippen LogP contribution < -0.4 is 15.8 Å². The van der Waals surface area contributed by atoms with E-state index in [0.29, 0.717) is 27.4 Å². The zero-order valence-corrected chi connectivity index (χ0v) is 17.3. The third-order valence-electron chi connectivity index (χ3n) is 5.32. The van der Waals surface area contributed by atoms with Crippen molar-refractivity contribution in [3.8, 4) is 0 Å². The number of anilines is 2. The third-order valence-corrected chi connectivity index (χ3v) is 5.54. The van der Waals surface area contributed by atoms with Crippen LogP contribution in [0.25, 0.3) is 10.9 Å². The molecule has 1 aliphatic heterocycles. The summed E-state index contributed by atoms with van der Waals surface area (Å²) in [6.45, 7) is 1.96. The van der Waals surface area contributed by atoms with Crippen LogP contribution in [0.3, 0.4) is 0 Å². The molecule has 0 radical (unpaired) electrons. The van der Waals surface area contributed by atoms with Gasteiger partial charge in [0.05, 0.1) is 10.9 Å². The number of piperidine rings is 1. The van der Waals surface area contributed by atoms with Gasteiger partial charge in [-0.25, -0.2) is 14.8 Å². The molecule has 3 heterocycles. The maximum atomic E-state index is 13.0. The summed E-state index contributed by atoms with van der Waals surface area (Å²) in [6, 6.07) is 6.42. The molecule has 1 fully saturated rings. The van der Waals surface area contributed by atoms with Crippen LogP contribution in [0.2, 0.25) is 5.02 Å². The van der Waals surface area contributed by atoms with E-state index in [9.17, 15) is 14.7 Å². The number of carbonyl (C=O) groups is 1. The molecule has 2 aromatic heterocycles. The van der Waals surface area contributed by atoms with Gasteiger partial charge < -0.3 is 15.3 Å². The van der Waals surface area contributed by atoms with E-state index in [0.717, 1.165) is 25.9 Å². The maximum absolute atomic E-state index is 13.0. The number of benzene rings is 1. The van der Waals surface area contributed by atoms with Gasteiger partial charge in [-0.3, -0.25) is 9.36 Å². The molecule has 4 rings (SSSR count). The Morgan fingerprint density at radius 3 is 2.77 bits per heavy atom. The number of halogens is 1. The van der Waals surface area contributed by atoms with Crippen molar-refractivity contribution in [1.29, 1.82) is 0 Å². The molecule has 9 heteroatoms. The standard InChI is InChI=1S/C21H22ClN5O3/c1-26-19(28)16-11-14(22)10-13(12-24-18-15(20(29)30)6-5-7-23-18)17(16)25-21(26)27-8-3-2-4-9-27/h5-7,10-11H,2-4,8-9,12H2,1H3,(H,23,24)(H,29,30). The molecule has 30 heavy (non-hydrogen) atoms. The number of nitrogens with zero attached hydrogens (tertiary/aromatic N) is 4. The Morgan fingerprint density at radius 2 is 2.03 bits per heavy atom. The van der Waals surface area contributed by atoms with Crippen molar-refractivity contribution in [3.05, 3.63) is 57.0 Å². The smallest absolute Gasteiger partial charge is 0.339 e. The van der Waals surface area contributed by atoms with Gasteiger partial charge in [-0.05, 0) is 49.1 Å². The van der Waals surface area contributed by atoms with E-state index in [1.54, 1.807) is 29.8 Å². The average molecular weight is 428 g/mol. The number of hydrogen-bond acceptors (Lipinski definition) is 6. The molecular formula is C21H22ClN5O3. The van der Waals surface area contributed by atoms with Crippen molar-refractivity contribution in [2.75, 3.05) is 23.3 Å². The lowest BCUT2D eigenvalue weighted by Crippen LogP contribution is -2.35. The van der Waals surface area contributed by atoms with Crippen LogP contribution in [0.1, 0.15) is 35.2 Å². The summed E-state index contributed by atoms with van der Waals surface area (Å²) in [4.78, 5) is 35.6. The second-order valence-corrected chi connectivity index (χ2v) is 7.78. The van der Waals surface area contributed by atoms with Gasteiger partial charge in [-0.2, -0.15) is 0 Å². The van der Waals surface area contributed by atoms with Gasteiger partial charge in [-0.1, -0.05) is 11.6 Å². The number of carboxylic acid groups (broad SMARTS) is 1. The number of nitrogens with one attached hydrogen (secondary N) is 1. The molecule has 0 spiro atoms. The predicted molar refractivity (Wildman–Crippen MR) is 117 cm³/mol. The first-order valence-corrected chi connectivity index (χ1v) is 10.2. The van der Waals surface area contributed by atoms with Gasteiger partial charge in [0.2, 0.25) is 5.95 Å². The summed E-state index contributed by atoms with van der Waals surface area (Å²) in [5, 5.41) is 13.3. The molecule has 2 N–H and O–H groups in total. The van der Waals surface area contributed by atoms with E-state index in [-0.39, 0.29) is 23.5 Å². The lowest BCUT2D eigenvalue weighted by molar-refractivity contribution is 0.0697. The first kappa shape index (κ1) is 20.2. The molecular weight excluding hydrogens is 406 g/mol. The fraction of sp³-hybridized carbons (Fsp3) is 0.333. The maximum Gasteiger partial charge on any atom is 0.339 e. The molecule has 0 saturated carbocycles. The Hall–Kier alpha value is -3.13. The monoisotopic (exact) mass is 427 g/mol. The number of aromatic nitrogens is 3. The first-order valence-electron chi connectivity index (χ1n) is 9.82. The number of carboxylic acids is 1. The normalized spacial score (nSPS) is 14.1. The topological polar surface area (TPSA) is 100 Å². The van der Waals surface area contributed by atoms with Gasteiger partial charge in [0.1, 0.15) is 11.4 Å². The van der Waals surface area contributed by atoms with Gasteiger partial charge in [0.15, 0.2) is 0 Å². The number of aromatic carboxylic acids is 1. The van der Waals surface area contributed by atoms with Gasteiger partial charge >= 0.3 is 5.97 Å². The van der Waals surface area contributed by atoms with E-state index in [1.807, 2.05) is 0 Å². The Kier molecular flexibility index (Phi) is 5.59. The quantitative estimate of drug-likeness (QED) is 0.644. The van der Waals surface area contributed by atoms with Crippen molar-refractivity contribution < 1.29 is 9.90 Å². The van der Waals surface area contributed by atoms with Gasteiger partial charge in [0.25, 0.3) is 5.56 Å². The van der Waals surface area contributed by atoms with Crippen LogP contribution in [0, 0.1) is 0 Å². The van der Waals surface area contributed by atoms with Crippen LogP contribution >= 0.6 is 11.6 Å². The highest BCUT2D eigenvalue weighted by Gasteiger charge is 2.19. The molecule has 1 aromatic carbocycles. The summed E-state index contributed by atoms with van der Waals surface area (Å²) in [6.07, 6.45) is 4.84. The van der Waals surface area contributed by atoms with Crippen LogP contribution in [0.15, 0.2) is 35.3 Å². The number of fused-ring (bicyclic) bond motifs is 1. The second kappa shape index (κ2) is 8.31. The Balaban J connectivity index is 1.77. The van der Waals surface area contributed by atoms with E-state index >= 15 is 0 Å². The highest BCUT2D eigenvalue weighted by atomic mass is 35.5. The highest BCUT2D eigenvalue weighted by Crippen LogP contribution is 2.25. The summed E-state index contributed by atoms with van der Waals surface area (Å²) >= 11 is 6.28. The van der Waals surface area contributed by atoms with E-state index in [2.05, 4.69) is 15.2 Å². The van der Waals surface area contributed by atoms with Crippen LogP contribution in [-0.2, 0) is 13.6 Å². The average Bonchev–Trinajstić information content (AvgIpc) is 2.75.